The lowest BCUT2D eigenvalue weighted by Gasteiger charge is -2.32. The molecule has 1 unspecified atom stereocenters. The number of aryl methyl sites for hydroxylation is 1. The van der Waals surface area contributed by atoms with Crippen LogP contribution < -0.4 is 9.80 Å². The fourth-order valence-electron chi connectivity index (χ4n) is 3.42. The topological polar surface area (TPSA) is 32.3 Å². The molecule has 0 N–H and O–H groups in total. The molecule has 1 aromatic heterocycles. The zero-order valence-corrected chi connectivity index (χ0v) is 13.9. The van der Waals surface area contributed by atoms with E-state index in [2.05, 4.69) is 82.1 Å². The van der Waals surface area contributed by atoms with Crippen molar-refractivity contribution in [3.05, 3.63) is 72.6 Å². The molecular weight excluding hydrogens is 296 g/mol. The lowest BCUT2D eigenvalue weighted by molar-refractivity contribution is 0.661. The molecule has 4 rings (SSSR count). The normalized spacial score (nSPS) is 16.3. The van der Waals surface area contributed by atoms with Crippen molar-refractivity contribution in [3.63, 3.8) is 0 Å². The molecule has 0 saturated carbocycles. The standard InChI is InChI=1S/C20H20N4/c1-3-18-23(16-10-5-4-6-11-16)19-20(22-14-13-21-19)24(18)17-12-8-7-9-15(17)2/h4-14,18H,3H2,1-2H3. The Balaban J connectivity index is 1.91. The molecule has 24 heavy (non-hydrogen) atoms. The second kappa shape index (κ2) is 5.96. The molecule has 0 saturated heterocycles. The minimum Gasteiger partial charge on any atom is -0.302 e. The third-order valence-corrected chi connectivity index (χ3v) is 4.49. The van der Waals surface area contributed by atoms with Crippen molar-refractivity contribution in [2.75, 3.05) is 9.80 Å². The number of nitrogens with zero attached hydrogens (tertiary/aromatic N) is 4. The van der Waals surface area contributed by atoms with Gasteiger partial charge in [-0.25, -0.2) is 9.97 Å². The summed E-state index contributed by atoms with van der Waals surface area (Å²) in [5.74, 6) is 1.83. The van der Waals surface area contributed by atoms with E-state index in [-0.39, 0.29) is 6.17 Å². The van der Waals surface area contributed by atoms with Crippen molar-refractivity contribution in [2.24, 2.45) is 0 Å². The largest absolute Gasteiger partial charge is 0.302 e. The number of para-hydroxylation sites is 2. The Kier molecular flexibility index (Phi) is 3.65. The molecule has 0 bridgehead atoms. The van der Waals surface area contributed by atoms with Crippen molar-refractivity contribution in [1.82, 2.24) is 9.97 Å². The molecule has 3 aromatic rings. The average molecular weight is 316 g/mol. The summed E-state index contributed by atoms with van der Waals surface area (Å²) in [6, 6.07) is 18.9. The summed E-state index contributed by atoms with van der Waals surface area (Å²) in [6.45, 7) is 4.35. The van der Waals surface area contributed by atoms with Crippen LogP contribution >= 0.6 is 0 Å². The zero-order valence-electron chi connectivity index (χ0n) is 13.9. The molecule has 4 nitrogen and oxygen atoms in total. The van der Waals surface area contributed by atoms with Crippen LogP contribution in [-0.2, 0) is 0 Å². The molecule has 1 aliphatic heterocycles. The monoisotopic (exact) mass is 316 g/mol. The van der Waals surface area contributed by atoms with E-state index in [1.807, 2.05) is 6.07 Å². The number of aromatic nitrogens is 2. The first-order valence-electron chi connectivity index (χ1n) is 8.31. The summed E-state index contributed by atoms with van der Waals surface area (Å²) in [5, 5.41) is 0. The quantitative estimate of drug-likeness (QED) is 0.694. The van der Waals surface area contributed by atoms with Crippen molar-refractivity contribution in [3.8, 4) is 0 Å². The molecule has 120 valence electrons. The summed E-state index contributed by atoms with van der Waals surface area (Å²) in [5.41, 5.74) is 3.56. The van der Waals surface area contributed by atoms with Crippen molar-refractivity contribution >= 4 is 23.0 Å². The first-order valence-corrected chi connectivity index (χ1v) is 8.31. The molecule has 4 heteroatoms. The van der Waals surface area contributed by atoms with Gasteiger partial charge in [0.15, 0.2) is 11.6 Å². The van der Waals surface area contributed by atoms with Gasteiger partial charge in [-0.05, 0) is 37.1 Å². The van der Waals surface area contributed by atoms with Gasteiger partial charge >= 0.3 is 0 Å². The van der Waals surface area contributed by atoms with Gasteiger partial charge in [-0.3, -0.25) is 0 Å². The molecule has 0 aliphatic carbocycles. The van der Waals surface area contributed by atoms with Gasteiger partial charge in [-0.15, -0.1) is 0 Å². The second-order valence-corrected chi connectivity index (χ2v) is 5.95. The Hall–Kier alpha value is -2.88. The number of hydrogen-bond acceptors (Lipinski definition) is 4. The van der Waals surface area contributed by atoms with E-state index >= 15 is 0 Å². The fraction of sp³-hybridized carbons (Fsp3) is 0.200. The number of rotatable bonds is 3. The Labute approximate surface area is 142 Å². The Morgan fingerprint density at radius 1 is 0.833 bits per heavy atom. The van der Waals surface area contributed by atoms with Crippen LogP contribution in [0.15, 0.2) is 67.0 Å². The van der Waals surface area contributed by atoms with Gasteiger partial charge in [0.1, 0.15) is 6.17 Å². The summed E-state index contributed by atoms with van der Waals surface area (Å²) in [7, 11) is 0. The number of benzene rings is 2. The Bertz CT molecular complexity index is 847. The predicted molar refractivity (Wildman–Crippen MR) is 98.0 cm³/mol. The Morgan fingerprint density at radius 2 is 1.46 bits per heavy atom. The molecule has 2 heterocycles. The summed E-state index contributed by atoms with van der Waals surface area (Å²) in [4.78, 5) is 13.9. The maximum absolute atomic E-state index is 4.65. The lowest BCUT2D eigenvalue weighted by Crippen LogP contribution is -2.38. The van der Waals surface area contributed by atoms with E-state index in [1.165, 1.54) is 11.3 Å². The van der Waals surface area contributed by atoms with E-state index in [1.54, 1.807) is 12.4 Å². The van der Waals surface area contributed by atoms with Crippen LogP contribution in [0.1, 0.15) is 18.9 Å². The second-order valence-electron chi connectivity index (χ2n) is 5.95. The van der Waals surface area contributed by atoms with Gasteiger partial charge in [0.05, 0.1) is 0 Å². The number of anilines is 4. The highest BCUT2D eigenvalue weighted by Crippen LogP contribution is 2.46. The van der Waals surface area contributed by atoms with E-state index in [4.69, 9.17) is 0 Å². The summed E-state index contributed by atoms with van der Waals surface area (Å²) < 4.78 is 0. The maximum atomic E-state index is 4.65. The smallest absolute Gasteiger partial charge is 0.178 e. The van der Waals surface area contributed by atoms with Crippen molar-refractivity contribution in [1.29, 1.82) is 0 Å². The molecule has 1 atom stereocenters. The zero-order chi connectivity index (χ0) is 16.5. The van der Waals surface area contributed by atoms with E-state index in [0.29, 0.717) is 0 Å². The first kappa shape index (κ1) is 14.7. The SMILES string of the molecule is CCC1N(c2ccccc2)c2nccnc2N1c1ccccc1C. The highest BCUT2D eigenvalue weighted by molar-refractivity contribution is 5.84. The van der Waals surface area contributed by atoms with Crippen LogP contribution in [-0.4, -0.2) is 16.1 Å². The molecule has 0 fully saturated rings. The average Bonchev–Trinajstić information content (AvgIpc) is 2.97. The van der Waals surface area contributed by atoms with Crippen molar-refractivity contribution < 1.29 is 0 Å². The molecule has 1 aliphatic rings. The third kappa shape index (κ3) is 2.22. The van der Waals surface area contributed by atoms with Crippen molar-refractivity contribution in [2.45, 2.75) is 26.4 Å². The van der Waals surface area contributed by atoms with Crippen LogP contribution in [0.5, 0.6) is 0 Å². The highest BCUT2D eigenvalue weighted by atomic mass is 15.5. The van der Waals surface area contributed by atoms with Crippen LogP contribution in [0.2, 0.25) is 0 Å². The molecule has 0 spiro atoms. The van der Waals surface area contributed by atoms with Crippen LogP contribution in [0.25, 0.3) is 0 Å². The molecule has 2 aromatic carbocycles. The van der Waals surface area contributed by atoms with E-state index < -0.39 is 0 Å². The number of fused-ring (bicyclic) bond motifs is 1. The summed E-state index contributed by atoms with van der Waals surface area (Å²) >= 11 is 0. The highest BCUT2D eigenvalue weighted by Gasteiger charge is 2.39. The van der Waals surface area contributed by atoms with Crippen LogP contribution in [0.4, 0.5) is 23.0 Å². The third-order valence-electron chi connectivity index (χ3n) is 4.49. The van der Waals surface area contributed by atoms with Gasteiger partial charge in [0, 0.05) is 23.8 Å². The van der Waals surface area contributed by atoms with Crippen LogP contribution in [0.3, 0.4) is 0 Å². The minimum atomic E-state index is 0.158. The molecular formula is C20H20N4. The Morgan fingerprint density at radius 3 is 2.12 bits per heavy atom. The predicted octanol–water partition coefficient (Wildman–Crippen LogP) is 4.81. The minimum absolute atomic E-state index is 0.158. The van der Waals surface area contributed by atoms with Gasteiger partial charge in [0.25, 0.3) is 0 Å². The van der Waals surface area contributed by atoms with Gasteiger partial charge in [0.2, 0.25) is 0 Å². The maximum Gasteiger partial charge on any atom is 0.178 e. The van der Waals surface area contributed by atoms with Gasteiger partial charge in [-0.2, -0.15) is 0 Å². The molecule has 0 radical (unpaired) electrons. The fourth-order valence-corrected chi connectivity index (χ4v) is 3.42. The van der Waals surface area contributed by atoms with Gasteiger partial charge < -0.3 is 9.80 Å². The first-order chi connectivity index (χ1) is 11.8. The number of hydrogen-bond donors (Lipinski definition) is 0. The molecule has 0 amide bonds. The summed E-state index contributed by atoms with van der Waals surface area (Å²) in [6.07, 6.45) is 4.65. The van der Waals surface area contributed by atoms with E-state index in [0.717, 1.165) is 23.7 Å². The van der Waals surface area contributed by atoms with Crippen LogP contribution in [0, 0.1) is 6.92 Å². The van der Waals surface area contributed by atoms with E-state index in [9.17, 15) is 0 Å². The lowest BCUT2D eigenvalue weighted by atomic mass is 10.1. The van der Waals surface area contributed by atoms with Gasteiger partial charge in [-0.1, -0.05) is 43.3 Å².